The number of rotatable bonds is 4. The summed E-state index contributed by atoms with van der Waals surface area (Å²) in [5.74, 6) is 1.83. The molecule has 0 bridgehead atoms. The van der Waals surface area contributed by atoms with Crippen molar-refractivity contribution in [3.63, 3.8) is 0 Å². The molecule has 0 saturated carbocycles. The summed E-state index contributed by atoms with van der Waals surface area (Å²) in [6, 6.07) is 7.15. The third-order valence-corrected chi connectivity index (χ3v) is 3.48. The Morgan fingerprint density at radius 2 is 1.95 bits per heavy atom. The van der Waals surface area contributed by atoms with E-state index in [0.717, 1.165) is 17.1 Å². The van der Waals surface area contributed by atoms with Gasteiger partial charge in [-0.3, -0.25) is 4.79 Å². The van der Waals surface area contributed by atoms with Crippen molar-refractivity contribution < 1.29 is 9.47 Å². The van der Waals surface area contributed by atoms with Crippen molar-refractivity contribution in [1.29, 1.82) is 0 Å². The molecule has 20 heavy (non-hydrogen) atoms. The van der Waals surface area contributed by atoms with Gasteiger partial charge < -0.3 is 14.0 Å². The minimum Gasteiger partial charge on any atom is -0.497 e. The highest BCUT2D eigenvalue weighted by molar-refractivity contribution is 7.79. The van der Waals surface area contributed by atoms with Gasteiger partial charge in [0, 0.05) is 35.3 Å². The molecule has 0 spiro atoms. The van der Waals surface area contributed by atoms with E-state index in [1.54, 1.807) is 26.5 Å². The molecule has 0 aliphatic heterocycles. The molecule has 0 amide bonds. The fourth-order valence-corrected chi connectivity index (χ4v) is 2.27. The van der Waals surface area contributed by atoms with Gasteiger partial charge in [-0.05, 0) is 19.1 Å². The lowest BCUT2D eigenvalue weighted by Gasteiger charge is -2.16. The van der Waals surface area contributed by atoms with Crippen molar-refractivity contribution in [2.75, 3.05) is 14.2 Å². The molecule has 2 aromatic rings. The normalized spacial score (nSPS) is 10.4. The molecule has 106 valence electrons. The van der Waals surface area contributed by atoms with Crippen LogP contribution in [0.2, 0.25) is 0 Å². The summed E-state index contributed by atoms with van der Waals surface area (Å²) in [6.07, 6.45) is 1.79. The van der Waals surface area contributed by atoms with Crippen LogP contribution in [0, 0.1) is 6.92 Å². The molecule has 1 aromatic carbocycles. The van der Waals surface area contributed by atoms with Crippen molar-refractivity contribution in [2.45, 2.75) is 12.7 Å². The van der Waals surface area contributed by atoms with E-state index in [1.807, 2.05) is 29.7 Å². The second-order valence-corrected chi connectivity index (χ2v) is 4.69. The lowest BCUT2D eigenvalue weighted by atomic mass is 10.2. The molecular formula is C15H17NO3S. The van der Waals surface area contributed by atoms with Crippen LogP contribution >= 0.6 is 12.6 Å². The number of benzene rings is 1. The Labute approximate surface area is 123 Å². The van der Waals surface area contributed by atoms with E-state index in [0.29, 0.717) is 17.1 Å². The Morgan fingerprint density at radius 1 is 1.20 bits per heavy atom. The Kier molecular flexibility index (Phi) is 4.39. The molecule has 5 heteroatoms. The predicted octanol–water partition coefficient (Wildman–Crippen LogP) is 2.59. The SMILES string of the molecule is COc1ccc(OC)c(-n2cc(CS)c(=O)cc2C)c1. The first-order valence-electron chi connectivity index (χ1n) is 6.16. The molecule has 0 atom stereocenters. The first kappa shape index (κ1) is 14.5. The van der Waals surface area contributed by atoms with Gasteiger partial charge in [0.15, 0.2) is 5.43 Å². The van der Waals surface area contributed by atoms with Gasteiger partial charge in [0.05, 0.1) is 19.9 Å². The number of ether oxygens (including phenoxy) is 2. The molecule has 0 saturated heterocycles. The fourth-order valence-electron chi connectivity index (χ4n) is 2.04. The van der Waals surface area contributed by atoms with Gasteiger partial charge in [-0.2, -0.15) is 12.6 Å². The number of hydrogen-bond donors (Lipinski definition) is 1. The smallest absolute Gasteiger partial charge is 0.185 e. The van der Waals surface area contributed by atoms with Gasteiger partial charge in [-0.25, -0.2) is 0 Å². The number of hydrogen-bond acceptors (Lipinski definition) is 4. The van der Waals surface area contributed by atoms with Gasteiger partial charge in [0.25, 0.3) is 0 Å². The van der Waals surface area contributed by atoms with Crippen molar-refractivity contribution in [3.05, 3.63) is 51.9 Å². The Morgan fingerprint density at radius 3 is 2.55 bits per heavy atom. The zero-order chi connectivity index (χ0) is 14.7. The van der Waals surface area contributed by atoms with Gasteiger partial charge in [0.1, 0.15) is 11.5 Å². The second-order valence-electron chi connectivity index (χ2n) is 4.37. The summed E-state index contributed by atoms with van der Waals surface area (Å²) < 4.78 is 12.5. The Hall–Kier alpha value is -1.88. The first-order valence-corrected chi connectivity index (χ1v) is 6.79. The third-order valence-electron chi connectivity index (χ3n) is 3.14. The average Bonchev–Trinajstić information content (AvgIpc) is 2.47. The highest BCUT2D eigenvalue weighted by Crippen LogP contribution is 2.28. The van der Waals surface area contributed by atoms with Crippen LogP contribution in [-0.4, -0.2) is 18.8 Å². The van der Waals surface area contributed by atoms with E-state index in [1.165, 1.54) is 0 Å². The minimum absolute atomic E-state index is 0.00406. The van der Waals surface area contributed by atoms with Crippen LogP contribution < -0.4 is 14.9 Å². The molecule has 0 N–H and O–H groups in total. The van der Waals surface area contributed by atoms with Gasteiger partial charge in [0.2, 0.25) is 0 Å². The number of nitrogens with zero attached hydrogens (tertiary/aromatic N) is 1. The molecular weight excluding hydrogens is 274 g/mol. The maximum Gasteiger partial charge on any atom is 0.185 e. The minimum atomic E-state index is -0.00406. The number of pyridine rings is 1. The van der Waals surface area contributed by atoms with Crippen molar-refractivity contribution in [1.82, 2.24) is 4.57 Å². The standard InChI is InChI=1S/C15H17NO3S/c1-10-6-14(17)11(9-20)8-16(10)13-7-12(18-2)4-5-15(13)19-3/h4-8,20H,9H2,1-3H3. The number of aromatic nitrogens is 1. The van der Waals surface area contributed by atoms with E-state index in [2.05, 4.69) is 12.6 Å². The molecule has 0 radical (unpaired) electrons. The highest BCUT2D eigenvalue weighted by atomic mass is 32.1. The van der Waals surface area contributed by atoms with Crippen LogP contribution in [0.3, 0.4) is 0 Å². The maximum atomic E-state index is 11.8. The summed E-state index contributed by atoms with van der Waals surface area (Å²) in [5.41, 5.74) is 2.29. The molecule has 2 rings (SSSR count). The fraction of sp³-hybridized carbons (Fsp3) is 0.267. The third kappa shape index (κ3) is 2.67. The van der Waals surface area contributed by atoms with Gasteiger partial charge >= 0.3 is 0 Å². The van der Waals surface area contributed by atoms with Crippen LogP contribution in [-0.2, 0) is 5.75 Å². The van der Waals surface area contributed by atoms with Crippen molar-refractivity contribution in [3.8, 4) is 17.2 Å². The first-order chi connectivity index (χ1) is 9.60. The number of methoxy groups -OCH3 is 2. The molecule has 0 fully saturated rings. The van der Waals surface area contributed by atoms with Crippen molar-refractivity contribution in [2.24, 2.45) is 0 Å². The van der Waals surface area contributed by atoms with Gasteiger partial charge in [-0.15, -0.1) is 0 Å². The van der Waals surface area contributed by atoms with E-state index in [9.17, 15) is 4.79 Å². The molecule has 4 nitrogen and oxygen atoms in total. The summed E-state index contributed by atoms with van der Waals surface area (Å²) in [7, 11) is 3.23. The monoisotopic (exact) mass is 291 g/mol. The maximum absolute atomic E-state index is 11.8. The van der Waals surface area contributed by atoms with Gasteiger partial charge in [-0.1, -0.05) is 0 Å². The van der Waals surface area contributed by atoms with Crippen LogP contribution in [0.15, 0.2) is 35.3 Å². The Bertz CT molecular complexity index is 679. The van der Waals surface area contributed by atoms with E-state index >= 15 is 0 Å². The molecule has 0 unspecified atom stereocenters. The summed E-state index contributed by atoms with van der Waals surface area (Å²) in [5, 5.41) is 0. The number of thiol groups is 1. The topological polar surface area (TPSA) is 40.5 Å². The Balaban J connectivity index is 2.69. The highest BCUT2D eigenvalue weighted by Gasteiger charge is 2.10. The quantitative estimate of drug-likeness (QED) is 0.880. The van der Waals surface area contributed by atoms with Crippen LogP contribution in [0.25, 0.3) is 5.69 Å². The van der Waals surface area contributed by atoms with Crippen molar-refractivity contribution >= 4 is 12.6 Å². The molecule has 1 heterocycles. The van der Waals surface area contributed by atoms with E-state index in [4.69, 9.17) is 9.47 Å². The number of aryl methyl sites for hydroxylation is 1. The zero-order valence-corrected chi connectivity index (χ0v) is 12.6. The molecule has 0 aliphatic carbocycles. The van der Waals surface area contributed by atoms with Crippen LogP contribution in [0.4, 0.5) is 0 Å². The predicted molar refractivity (Wildman–Crippen MR) is 82.6 cm³/mol. The van der Waals surface area contributed by atoms with Crippen LogP contribution in [0.1, 0.15) is 11.3 Å². The van der Waals surface area contributed by atoms with E-state index in [-0.39, 0.29) is 5.43 Å². The average molecular weight is 291 g/mol. The lowest BCUT2D eigenvalue weighted by molar-refractivity contribution is 0.401. The second kappa shape index (κ2) is 6.05. The molecule has 1 aromatic heterocycles. The van der Waals surface area contributed by atoms with E-state index < -0.39 is 0 Å². The summed E-state index contributed by atoms with van der Waals surface area (Å²) in [6.45, 7) is 1.88. The summed E-state index contributed by atoms with van der Waals surface area (Å²) >= 11 is 4.19. The lowest BCUT2D eigenvalue weighted by Crippen LogP contribution is -2.13. The van der Waals surface area contributed by atoms with Crippen LogP contribution in [0.5, 0.6) is 11.5 Å². The summed E-state index contributed by atoms with van der Waals surface area (Å²) in [4.78, 5) is 11.8. The zero-order valence-electron chi connectivity index (χ0n) is 11.7. The molecule has 0 aliphatic rings. The largest absolute Gasteiger partial charge is 0.497 e.